The molecule has 3 aromatic rings. The van der Waals surface area contributed by atoms with Gasteiger partial charge in [0.1, 0.15) is 18.8 Å². The molecule has 0 spiro atoms. The Hall–Kier alpha value is -3.23. The summed E-state index contributed by atoms with van der Waals surface area (Å²) in [6.07, 6.45) is 5.18. The highest BCUT2D eigenvalue weighted by molar-refractivity contribution is 5.91. The average Bonchev–Trinajstić information content (AvgIpc) is 3.02. The Bertz CT molecular complexity index is 1260. The van der Waals surface area contributed by atoms with E-state index in [1.807, 2.05) is 6.07 Å². The molecule has 2 aliphatic rings. The molecule has 2 aliphatic heterocycles. The van der Waals surface area contributed by atoms with Crippen LogP contribution < -0.4 is 5.56 Å². The van der Waals surface area contributed by atoms with Crippen molar-refractivity contribution in [2.45, 2.75) is 31.1 Å². The van der Waals surface area contributed by atoms with Crippen molar-refractivity contribution < 1.29 is 9.31 Å². The molecule has 1 saturated heterocycles. The zero-order valence-corrected chi connectivity index (χ0v) is 17.8. The van der Waals surface area contributed by atoms with E-state index < -0.39 is 0 Å². The van der Waals surface area contributed by atoms with Gasteiger partial charge < -0.3 is 9.30 Å². The maximum atomic E-state index is 13.1. The van der Waals surface area contributed by atoms with Crippen LogP contribution in [0.3, 0.4) is 0 Å². The number of nitriles is 1. The van der Waals surface area contributed by atoms with Crippen LogP contribution in [0.1, 0.15) is 47.8 Å². The van der Waals surface area contributed by atoms with Crippen LogP contribution in [0.25, 0.3) is 10.9 Å². The van der Waals surface area contributed by atoms with Crippen LogP contribution in [0.2, 0.25) is 0 Å². The summed E-state index contributed by atoms with van der Waals surface area (Å²) < 4.78 is 9.11. The highest BCUT2D eigenvalue weighted by Crippen LogP contribution is 2.34. The lowest BCUT2D eigenvalue weighted by atomic mass is 9.92. The van der Waals surface area contributed by atoms with Gasteiger partial charge in [-0.1, -0.05) is 36.4 Å². The van der Waals surface area contributed by atoms with Gasteiger partial charge in [-0.05, 0) is 35.6 Å². The van der Waals surface area contributed by atoms with Gasteiger partial charge in [-0.15, -0.1) is 0 Å². The fourth-order valence-corrected chi connectivity index (χ4v) is 4.82. The number of aryl methyl sites for hydroxylation is 1. The standard InChI is InChI=1S/C26H26N3O2/c1-28-24-14-20(21-16-31-17-21)9-10-22(24)25(23(15-27)26(28)30)29-12-5-8-19(11-13-29)18-6-3-2-4-7-18/h2-4,6-7,9-10,13-14,19,21H,5,8,11-12,16-17H2,1H3/q+1. The van der Waals surface area contributed by atoms with Gasteiger partial charge in [0.25, 0.3) is 5.56 Å². The first kappa shape index (κ1) is 19.7. The normalized spacial score (nSPS) is 19.4. The number of nitrogens with zero attached hydrogens (tertiary/aromatic N) is 3. The van der Waals surface area contributed by atoms with Crippen molar-refractivity contribution >= 4 is 22.8 Å². The minimum atomic E-state index is -0.232. The molecule has 0 amide bonds. The van der Waals surface area contributed by atoms with Gasteiger partial charge in [-0.3, -0.25) is 4.79 Å². The van der Waals surface area contributed by atoms with Crippen LogP contribution in [0, 0.1) is 11.3 Å². The lowest BCUT2D eigenvalue weighted by molar-refractivity contribution is -0.434. The third-order valence-corrected chi connectivity index (χ3v) is 6.73. The van der Waals surface area contributed by atoms with Gasteiger partial charge in [0, 0.05) is 25.8 Å². The van der Waals surface area contributed by atoms with E-state index in [1.165, 1.54) is 11.1 Å². The maximum Gasteiger partial charge on any atom is 0.275 e. The van der Waals surface area contributed by atoms with Gasteiger partial charge in [0.2, 0.25) is 5.69 Å². The predicted octanol–water partition coefficient (Wildman–Crippen LogP) is 4.21. The van der Waals surface area contributed by atoms with Crippen molar-refractivity contribution in [3.05, 3.63) is 75.6 Å². The third-order valence-electron chi connectivity index (χ3n) is 6.73. The molecule has 5 rings (SSSR count). The summed E-state index contributed by atoms with van der Waals surface area (Å²) in [6.45, 7) is 2.26. The molecule has 0 aliphatic carbocycles. The first-order valence-corrected chi connectivity index (χ1v) is 11.0. The second-order valence-electron chi connectivity index (χ2n) is 8.57. The second kappa shape index (κ2) is 8.13. The minimum Gasteiger partial charge on any atom is -0.380 e. The highest BCUT2D eigenvalue weighted by Gasteiger charge is 2.28. The van der Waals surface area contributed by atoms with Crippen molar-refractivity contribution in [3.63, 3.8) is 0 Å². The Morgan fingerprint density at radius 3 is 2.61 bits per heavy atom. The number of pyridine rings is 1. The Morgan fingerprint density at radius 1 is 1.10 bits per heavy atom. The minimum absolute atomic E-state index is 0.226. The van der Waals surface area contributed by atoms with Gasteiger partial charge in [0.05, 0.1) is 24.1 Å². The Balaban J connectivity index is 1.63. The van der Waals surface area contributed by atoms with E-state index in [9.17, 15) is 10.1 Å². The number of rotatable bonds is 3. The van der Waals surface area contributed by atoms with E-state index >= 15 is 0 Å². The fourth-order valence-electron chi connectivity index (χ4n) is 4.82. The molecular weight excluding hydrogens is 386 g/mol. The van der Waals surface area contributed by atoms with E-state index in [0.717, 1.165) is 55.6 Å². The molecular formula is C26H26N3O2+. The summed E-state index contributed by atoms with van der Waals surface area (Å²) in [5.41, 5.74) is 4.16. The zero-order valence-electron chi connectivity index (χ0n) is 17.8. The fraction of sp³-hybridized carbons (Fsp3) is 0.346. The summed E-state index contributed by atoms with van der Waals surface area (Å²) in [7, 11) is 1.76. The number of fused-ring (bicyclic) bond motifs is 1. The van der Waals surface area contributed by atoms with Crippen molar-refractivity contribution in [1.82, 2.24) is 4.57 Å². The molecule has 5 nitrogen and oxygen atoms in total. The first-order chi connectivity index (χ1) is 15.2. The van der Waals surface area contributed by atoms with Crippen LogP contribution in [0.4, 0.5) is 5.69 Å². The maximum absolute atomic E-state index is 13.1. The van der Waals surface area contributed by atoms with Gasteiger partial charge in [-0.25, -0.2) is 4.58 Å². The Kier molecular flexibility index (Phi) is 5.17. The average molecular weight is 413 g/mol. The van der Waals surface area contributed by atoms with Crippen LogP contribution in [-0.2, 0) is 11.8 Å². The van der Waals surface area contributed by atoms with Crippen LogP contribution >= 0.6 is 0 Å². The molecule has 5 heteroatoms. The van der Waals surface area contributed by atoms with Gasteiger partial charge in [0.15, 0.2) is 5.56 Å². The van der Waals surface area contributed by atoms with Crippen molar-refractivity contribution in [1.29, 1.82) is 5.26 Å². The number of benzene rings is 2. The number of aromatic nitrogens is 1. The molecule has 0 bridgehead atoms. The molecule has 3 heterocycles. The van der Waals surface area contributed by atoms with Gasteiger partial charge in [-0.2, -0.15) is 5.26 Å². The summed E-state index contributed by atoms with van der Waals surface area (Å²) in [6, 6.07) is 19.1. The Labute approximate surface area is 181 Å². The van der Waals surface area contributed by atoms with Crippen LogP contribution in [0.5, 0.6) is 0 Å². The smallest absolute Gasteiger partial charge is 0.275 e. The van der Waals surface area contributed by atoms with Crippen molar-refractivity contribution in [2.75, 3.05) is 19.8 Å². The van der Waals surface area contributed by atoms with E-state index in [0.29, 0.717) is 11.8 Å². The van der Waals surface area contributed by atoms with E-state index in [1.54, 1.807) is 11.6 Å². The van der Waals surface area contributed by atoms with Crippen molar-refractivity contribution in [3.8, 4) is 6.07 Å². The summed E-state index contributed by atoms with van der Waals surface area (Å²) >= 11 is 0. The van der Waals surface area contributed by atoms with Crippen LogP contribution in [-0.4, -0.2) is 35.1 Å². The van der Waals surface area contributed by atoms with Crippen molar-refractivity contribution in [2.24, 2.45) is 7.05 Å². The number of hydrogen-bond donors (Lipinski definition) is 0. The molecule has 0 N–H and O–H groups in total. The van der Waals surface area contributed by atoms with E-state index in [2.05, 4.69) is 59.3 Å². The molecule has 0 saturated carbocycles. The third kappa shape index (κ3) is 3.47. The molecule has 1 fully saturated rings. The highest BCUT2D eigenvalue weighted by atomic mass is 16.5. The largest absolute Gasteiger partial charge is 0.380 e. The first-order valence-electron chi connectivity index (χ1n) is 11.0. The molecule has 2 aromatic carbocycles. The summed E-state index contributed by atoms with van der Waals surface area (Å²) in [4.78, 5) is 13.1. The van der Waals surface area contributed by atoms with E-state index in [4.69, 9.17) is 4.74 Å². The molecule has 31 heavy (non-hydrogen) atoms. The zero-order chi connectivity index (χ0) is 21.4. The van der Waals surface area contributed by atoms with E-state index in [-0.39, 0.29) is 11.1 Å². The monoisotopic (exact) mass is 412 g/mol. The quantitative estimate of drug-likeness (QED) is 0.606. The topological polar surface area (TPSA) is 58.0 Å². The summed E-state index contributed by atoms with van der Waals surface area (Å²) in [5, 5.41) is 10.8. The SMILES string of the molecule is Cn1c(=O)c(C#N)c([N+]2=CCC(c3ccccc3)CCC2)c2ccc(C3COC3)cc21. The number of ether oxygens (including phenoxy) is 1. The molecule has 1 aromatic heterocycles. The van der Waals surface area contributed by atoms with Crippen LogP contribution in [0.15, 0.2) is 53.3 Å². The molecule has 0 radical (unpaired) electrons. The Morgan fingerprint density at radius 2 is 1.90 bits per heavy atom. The number of hydrogen-bond acceptors (Lipinski definition) is 3. The van der Waals surface area contributed by atoms with Gasteiger partial charge >= 0.3 is 0 Å². The lowest BCUT2D eigenvalue weighted by Gasteiger charge is -2.26. The molecule has 156 valence electrons. The second-order valence-corrected chi connectivity index (χ2v) is 8.57. The lowest BCUT2D eigenvalue weighted by Crippen LogP contribution is -2.26. The molecule has 1 atom stereocenters. The predicted molar refractivity (Wildman–Crippen MR) is 121 cm³/mol. The summed E-state index contributed by atoms with van der Waals surface area (Å²) in [5.74, 6) is 0.842. The molecule has 1 unspecified atom stereocenters.